The van der Waals surface area contributed by atoms with Crippen LogP contribution in [0.2, 0.25) is 49.1 Å². The van der Waals surface area contributed by atoms with Gasteiger partial charge in [0, 0.05) is 24.3 Å². The highest BCUT2D eigenvalue weighted by Gasteiger charge is 2.42. The van der Waals surface area contributed by atoms with Crippen LogP contribution in [-0.4, -0.2) is 96.8 Å². The van der Waals surface area contributed by atoms with Crippen molar-refractivity contribution in [2.45, 2.75) is 108 Å². The second-order valence-corrected chi connectivity index (χ2v) is 28.1. The maximum atomic E-state index is 12.6. The molecule has 224 valence electrons. The summed E-state index contributed by atoms with van der Waals surface area (Å²) >= 11 is 0. The van der Waals surface area contributed by atoms with Gasteiger partial charge in [-0.1, -0.05) is 13.8 Å². The number of carbonyl (C=O) groups is 1. The Hall–Kier alpha value is -0.232. The number of unbranched alkanes of at least 4 members (excludes halogenated alkanes) is 3. The Balaban J connectivity index is 4.51. The Labute approximate surface area is 237 Å². The SMILES string of the molecule is CC[Si](=O)C[Si](CCCNC(=O)CCCCC[N+](C)(C)CCCCS(=O)(=O)O)(C[Si](=O)CC)O[Si](C)(C)C. The molecule has 0 bridgehead atoms. The summed E-state index contributed by atoms with van der Waals surface area (Å²) in [6, 6.07) is 2.10. The number of nitrogens with zero attached hydrogens (tertiary/aromatic N) is 1. The second kappa shape index (κ2) is 18.3. The van der Waals surface area contributed by atoms with Crippen LogP contribution in [0.1, 0.15) is 58.8 Å². The first kappa shape index (κ1) is 37.8. The standard InChI is InChI=1S/C24H54N2O7SSi4/c1-8-35(31)22-38(23-36(32)9-2,33-37(5,6)7)21-15-17-25-24(27)16-11-10-12-18-26(3,4)19-13-14-20-34(28,29)30/h8-23H2,1-7H3,(H-,25,27,28,29,30)/p+1. The Kier molecular flexibility index (Phi) is 18.1. The summed E-state index contributed by atoms with van der Waals surface area (Å²) in [6.45, 7) is 12.7. The summed E-state index contributed by atoms with van der Waals surface area (Å²) in [7, 11) is -7.44. The minimum atomic E-state index is -3.88. The zero-order valence-corrected chi connectivity index (χ0v) is 29.9. The van der Waals surface area contributed by atoms with E-state index < -0.39 is 44.1 Å². The maximum absolute atomic E-state index is 12.6. The van der Waals surface area contributed by atoms with Crippen molar-refractivity contribution >= 4 is 50.0 Å². The van der Waals surface area contributed by atoms with Crippen molar-refractivity contribution in [3.63, 3.8) is 0 Å². The molecule has 1 amide bonds. The van der Waals surface area contributed by atoms with Crippen molar-refractivity contribution in [2.75, 3.05) is 39.5 Å². The van der Waals surface area contributed by atoms with Gasteiger partial charge in [0.1, 0.15) is 0 Å². The Morgan fingerprint density at radius 1 is 0.895 bits per heavy atom. The van der Waals surface area contributed by atoms with E-state index in [-0.39, 0.29) is 11.7 Å². The molecule has 0 unspecified atom stereocenters. The lowest BCUT2D eigenvalue weighted by Crippen LogP contribution is -2.50. The van der Waals surface area contributed by atoms with Gasteiger partial charge in [-0.25, -0.2) is 0 Å². The molecular formula is C24H55N2O7SSi4+. The molecule has 9 nitrogen and oxygen atoms in total. The highest BCUT2D eigenvalue weighted by Crippen LogP contribution is 2.29. The average Bonchev–Trinajstić information content (AvgIpc) is 2.77. The second-order valence-electron chi connectivity index (χ2n) is 12.2. The van der Waals surface area contributed by atoms with Crippen LogP contribution in [0, 0.1) is 0 Å². The fourth-order valence-electron chi connectivity index (χ4n) is 4.65. The summed E-state index contributed by atoms with van der Waals surface area (Å²) < 4.78 is 63.2. The predicted octanol–water partition coefficient (Wildman–Crippen LogP) is 4.56. The zero-order chi connectivity index (χ0) is 29.5. The van der Waals surface area contributed by atoms with Gasteiger partial charge in [0.25, 0.3) is 27.5 Å². The lowest BCUT2D eigenvalue weighted by Gasteiger charge is -2.37. The number of hydrogen-bond donors (Lipinski definition) is 2. The van der Waals surface area contributed by atoms with Gasteiger partial charge in [0.15, 0.2) is 16.6 Å². The molecule has 0 heterocycles. The molecule has 0 aromatic rings. The molecule has 0 saturated heterocycles. The molecule has 0 fully saturated rings. The Morgan fingerprint density at radius 2 is 1.42 bits per heavy atom. The van der Waals surface area contributed by atoms with Crippen molar-refractivity contribution in [1.82, 2.24) is 5.32 Å². The molecule has 0 rings (SSSR count). The summed E-state index contributed by atoms with van der Waals surface area (Å²) in [4.78, 5) is 12.4. The molecule has 0 atom stereocenters. The smallest absolute Gasteiger partial charge is 0.275 e. The number of hydrogen-bond acceptors (Lipinski definition) is 6. The van der Waals surface area contributed by atoms with Crippen LogP contribution in [0.5, 0.6) is 0 Å². The largest absolute Gasteiger partial charge is 0.455 e. The van der Waals surface area contributed by atoms with E-state index in [0.717, 1.165) is 55.7 Å². The summed E-state index contributed by atoms with van der Waals surface area (Å²) in [5.74, 6) is -0.138. The van der Waals surface area contributed by atoms with E-state index in [0.29, 0.717) is 42.8 Å². The molecule has 2 N–H and O–H groups in total. The normalized spacial score (nSPS) is 12.9. The summed E-state index contributed by atoms with van der Waals surface area (Å²) in [5.41, 5.74) is 1.22. The van der Waals surface area contributed by atoms with E-state index in [1.54, 1.807) is 0 Å². The third-order valence-electron chi connectivity index (χ3n) is 6.56. The molecule has 0 spiro atoms. The van der Waals surface area contributed by atoms with Gasteiger partial charge in [-0.2, -0.15) is 8.42 Å². The molecule has 0 aromatic carbocycles. The maximum Gasteiger partial charge on any atom is 0.275 e. The topological polar surface area (TPSA) is 127 Å². The summed E-state index contributed by atoms with van der Waals surface area (Å²) in [6.07, 6.45) is 5.23. The lowest BCUT2D eigenvalue weighted by molar-refractivity contribution is -0.890. The van der Waals surface area contributed by atoms with E-state index in [9.17, 15) is 22.1 Å². The van der Waals surface area contributed by atoms with Crippen molar-refractivity contribution in [3.05, 3.63) is 0 Å². The van der Waals surface area contributed by atoms with E-state index in [2.05, 4.69) is 39.1 Å². The highest BCUT2D eigenvalue weighted by atomic mass is 32.2. The van der Waals surface area contributed by atoms with Gasteiger partial charge >= 0.3 is 0 Å². The third kappa shape index (κ3) is 20.6. The number of rotatable bonds is 23. The molecular weight excluding hydrogens is 573 g/mol. The predicted molar refractivity (Wildman–Crippen MR) is 162 cm³/mol. The molecule has 0 radical (unpaired) electrons. The van der Waals surface area contributed by atoms with E-state index >= 15 is 0 Å². The van der Waals surface area contributed by atoms with Gasteiger partial charge < -0.3 is 22.8 Å². The minimum absolute atomic E-state index is 0.0478. The number of amides is 1. The van der Waals surface area contributed by atoms with Crippen LogP contribution >= 0.6 is 0 Å². The fourth-order valence-corrected chi connectivity index (χ4v) is 24.3. The molecule has 0 aromatic heterocycles. The van der Waals surface area contributed by atoms with Gasteiger partial charge in [0.2, 0.25) is 5.91 Å². The Morgan fingerprint density at radius 3 is 1.89 bits per heavy atom. The molecule has 38 heavy (non-hydrogen) atoms. The monoisotopic (exact) mass is 627 g/mol. The van der Waals surface area contributed by atoms with Crippen molar-refractivity contribution in [2.24, 2.45) is 0 Å². The molecule has 0 aliphatic heterocycles. The van der Waals surface area contributed by atoms with E-state index in [1.807, 2.05) is 13.8 Å². The first-order chi connectivity index (χ1) is 17.4. The van der Waals surface area contributed by atoms with Crippen LogP contribution in [0.15, 0.2) is 0 Å². The molecule has 14 heteroatoms. The first-order valence-corrected chi connectivity index (χ1v) is 25.4. The van der Waals surface area contributed by atoms with Crippen molar-refractivity contribution < 1.29 is 35.3 Å². The summed E-state index contributed by atoms with van der Waals surface area (Å²) in [5, 5.41) is 3.03. The van der Waals surface area contributed by atoms with E-state index in [1.165, 1.54) is 0 Å². The molecule has 0 aliphatic carbocycles. The quantitative estimate of drug-likeness (QED) is 0.0736. The molecule has 0 saturated carbocycles. The zero-order valence-electron chi connectivity index (χ0n) is 25.1. The average molecular weight is 628 g/mol. The van der Waals surface area contributed by atoms with Crippen LogP contribution in [0.25, 0.3) is 0 Å². The minimum Gasteiger partial charge on any atom is -0.455 e. The van der Waals surface area contributed by atoms with Gasteiger partial charge in [-0.15, -0.1) is 0 Å². The number of nitrogens with one attached hydrogen (secondary N) is 1. The third-order valence-corrected chi connectivity index (χ3v) is 22.7. The van der Waals surface area contributed by atoms with Crippen LogP contribution in [0.4, 0.5) is 0 Å². The van der Waals surface area contributed by atoms with Gasteiger partial charge in [0.05, 0.1) is 32.9 Å². The fraction of sp³-hybridized carbons (Fsp3) is 0.958. The Bertz CT molecular complexity index is 831. The molecule has 0 aliphatic rings. The first-order valence-electron chi connectivity index (χ1n) is 14.2. The van der Waals surface area contributed by atoms with E-state index in [4.69, 9.17) is 8.67 Å². The van der Waals surface area contributed by atoms with Crippen LogP contribution in [0.3, 0.4) is 0 Å². The highest BCUT2D eigenvalue weighted by molar-refractivity contribution is 7.85. The lowest BCUT2D eigenvalue weighted by atomic mass is 10.1. The van der Waals surface area contributed by atoms with Crippen molar-refractivity contribution in [3.8, 4) is 0 Å². The van der Waals surface area contributed by atoms with Crippen molar-refractivity contribution in [1.29, 1.82) is 0 Å². The number of carbonyl (C=O) groups excluding carboxylic acids is 1. The number of quaternary nitrogens is 1. The van der Waals surface area contributed by atoms with Gasteiger partial charge in [-0.05, 0) is 76.3 Å². The van der Waals surface area contributed by atoms with Gasteiger partial charge in [-0.3, -0.25) is 9.35 Å². The van der Waals surface area contributed by atoms with Crippen LogP contribution in [-0.2, 0) is 28.0 Å². The van der Waals surface area contributed by atoms with Crippen LogP contribution < -0.4 is 5.32 Å².